The largest absolute Gasteiger partial charge is 0.463 e. The Labute approximate surface area is 165 Å². The zero-order valence-electron chi connectivity index (χ0n) is 15.0. The third-order valence-electron chi connectivity index (χ3n) is 3.91. The number of aromatic nitrogens is 2. The number of carbonyl (C=O) groups excluding carboxylic acids is 2. The lowest BCUT2D eigenvalue weighted by molar-refractivity contribution is -0.147. The van der Waals surface area contributed by atoms with Crippen LogP contribution in [0.25, 0.3) is 15.9 Å². The molecule has 2 aromatic heterocycles. The standard InChI is InChI=1S/C19H19ClN2O4S/c1-3-4-9-25-17(23)11-26-19(24)16-10-13-12(2)21-22(18(13)27-16)15-8-6-5-7-14(15)20/h5-8,10H,3-4,9,11H2,1-2H3. The van der Waals surface area contributed by atoms with Gasteiger partial charge in [-0.15, -0.1) is 11.3 Å². The highest BCUT2D eigenvalue weighted by Crippen LogP contribution is 2.32. The van der Waals surface area contributed by atoms with Crippen LogP contribution in [0.5, 0.6) is 0 Å². The van der Waals surface area contributed by atoms with Gasteiger partial charge >= 0.3 is 11.9 Å². The van der Waals surface area contributed by atoms with E-state index in [1.807, 2.05) is 32.0 Å². The van der Waals surface area contributed by atoms with Crippen LogP contribution in [0.3, 0.4) is 0 Å². The predicted molar refractivity (Wildman–Crippen MR) is 105 cm³/mol. The van der Waals surface area contributed by atoms with E-state index in [0.29, 0.717) is 16.5 Å². The molecule has 0 saturated carbocycles. The zero-order chi connectivity index (χ0) is 19.4. The predicted octanol–water partition coefficient (Wildman–Crippen LogP) is 4.55. The van der Waals surface area contributed by atoms with Gasteiger partial charge in [0.2, 0.25) is 0 Å². The Bertz CT molecular complexity index is 979. The summed E-state index contributed by atoms with van der Waals surface area (Å²) in [4.78, 5) is 25.1. The quantitative estimate of drug-likeness (QED) is 0.425. The molecule has 0 fully saturated rings. The number of nitrogens with zero attached hydrogens (tertiary/aromatic N) is 2. The minimum absolute atomic E-state index is 0.336. The molecule has 0 radical (unpaired) electrons. The van der Waals surface area contributed by atoms with E-state index in [2.05, 4.69) is 5.10 Å². The van der Waals surface area contributed by atoms with E-state index < -0.39 is 18.5 Å². The maximum Gasteiger partial charge on any atom is 0.348 e. The van der Waals surface area contributed by atoms with E-state index in [9.17, 15) is 9.59 Å². The van der Waals surface area contributed by atoms with Crippen molar-refractivity contribution in [3.63, 3.8) is 0 Å². The highest BCUT2D eigenvalue weighted by Gasteiger charge is 2.19. The highest BCUT2D eigenvalue weighted by molar-refractivity contribution is 7.20. The van der Waals surface area contributed by atoms with Crippen LogP contribution in [0.2, 0.25) is 5.02 Å². The second-order valence-corrected chi connectivity index (χ2v) is 7.37. The summed E-state index contributed by atoms with van der Waals surface area (Å²) in [6, 6.07) is 9.08. The van der Waals surface area contributed by atoms with E-state index in [4.69, 9.17) is 21.1 Å². The van der Waals surface area contributed by atoms with Gasteiger partial charge in [-0.2, -0.15) is 5.10 Å². The van der Waals surface area contributed by atoms with Crippen LogP contribution in [0, 0.1) is 6.92 Å². The fourth-order valence-corrected chi connectivity index (χ4v) is 3.79. The van der Waals surface area contributed by atoms with Crippen molar-refractivity contribution in [1.29, 1.82) is 0 Å². The minimum Gasteiger partial charge on any atom is -0.463 e. The van der Waals surface area contributed by atoms with Crippen LogP contribution in [0.1, 0.15) is 35.1 Å². The molecule has 1 aromatic carbocycles. The van der Waals surface area contributed by atoms with Gasteiger partial charge in [0.25, 0.3) is 0 Å². The van der Waals surface area contributed by atoms with E-state index >= 15 is 0 Å². The molecule has 0 spiro atoms. The summed E-state index contributed by atoms with van der Waals surface area (Å²) in [6.07, 6.45) is 1.71. The van der Waals surface area contributed by atoms with E-state index in [1.165, 1.54) is 11.3 Å². The molecule has 6 nitrogen and oxygen atoms in total. The van der Waals surface area contributed by atoms with Crippen LogP contribution >= 0.6 is 22.9 Å². The fourth-order valence-electron chi connectivity index (χ4n) is 2.50. The molecule has 0 atom stereocenters. The number of esters is 2. The number of hydrogen-bond donors (Lipinski definition) is 0. The molecule has 0 aliphatic heterocycles. The lowest BCUT2D eigenvalue weighted by atomic mass is 10.3. The molecule has 3 rings (SSSR count). The molecule has 0 N–H and O–H groups in total. The Hall–Kier alpha value is -2.38. The summed E-state index contributed by atoms with van der Waals surface area (Å²) >= 11 is 7.52. The van der Waals surface area contributed by atoms with E-state index in [0.717, 1.165) is 34.4 Å². The molecular weight excluding hydrogens is 388 g/mol. The molecule has 0 saturated heterocycles. The molecule has 0 amide bonds. The number of rotatable bonds is 7. The molecule has 8 heteroatoms. The number of aryl methyl sites for hydroxylation is 1. The summed E-state index contributed by atoms with van der Waals surface area (Å²) in [5.41, 5.74) is 1.51. The molecule has 0 aliphatic carbocycles. The fraction of sp³-hybridized carbons (Fsp3) is 0.316. The van der Waals surface area contributed by atoms with Crippen molar-refractivity contribution in [3.8, 4) is 5.69 Å². The van der Waals surface area contributed by atoms with Gasteiger partial charge in [-0.05, 0) is 31.5 Å². The van der Waals surface area contributed by atoms with E-state index in [-0.39, 0.29) is 0 Å². The van der Waals surface area contributed by atoms with Crippen molar-refractivity contribution in [2.75, 3.05) is 13.2 Å². The summed E-state index contributed by atoms with van der Waals surface area (Å²) in [5, 5.41) is 5.92. The zero-order valence-corrected chi connectivity index (χ0v) is 16.6. The van der Waals surface area contributed by atoms with Gasteiger partial charge < -0.3 is 9.47 Å². The van der Waals surface area contributed by atoms with Crippen molar-refractivity contribution in [2.45, 2.75) is 26.7 Å². The summed E-state index contributed by atoms with van der Waals surface area (Å²) in [5.74, 6) is -1.11. The summed E-state index contributed by atoms with van der Waals surface area (Å²) in [6.45, 7) is 3.80. The molecule has 0 aliphatic rings. The normalized spacial score (nSPS) is 10.9. The number of benzene rings is 1. The second kappa shape index (κ2) is 8.54. The average Bonchev–Trinajstić information content (AvgIpc) is 3.21. The number of ether oxygens (including phenoxy) is 2. The third kappa shape index (κ3) is 4.31. The monoisotopic (exact) mass is 406 g/mol. The van der Waals surface area contributed by atoms with Crippen LogP contribution < -0.4 is 0 Å². The Morgan fingerprint density at radius 2 is 2.04 bits per heavy atom. The van der Waals surface area contributed by atoms with Gasteiger partial charge in [-0.3, -0.25) is 0 Å². The average molecular weight is 407 g/mol. The van der Waals surface area contributed by atoms with Gasteiger partial charge in [0.15, 0.2) is 6.61 Å². The van der Waals surface area contributed by atoms with Crippen molar-refractivity contribution in [2.24, 2.45) is 0 Å². The number of unbranched alkanes of at least 4 members (excludes halogenated alkanes) is 1. The van der Waals surface area contributed by atoms with Crippen molar-refractivity contribution < 1.29 is 19.1 Å². The van der Waals surface area contributed by atoms with Crippen LogP contribution in [-0.2, 0) is 14.3 Å². The van der Waals surface area contributed by atoms with Gasteiger partial charge in [0.05, 0.1) is 23.0 Å². The molecular formula is C19H19ClN2O4S. The lowest BCUT2D eigenvalue weighted by Crippen LogP contribution is -2.16. The second-order valence-electron chi connectivity index (χ2n) is 5.93. The Morgan fingerprint density at radius 3 is 2.78 bits per heavy atom. The molecule has 0 bridgehead atoms. The molecule has 2 heterocycles. The topological polar surface area (TPSA) is 70.4 Å². The van der Waals surface area contributed by atoms with Gasteiger partial charge in [0.1, 0.15) is 9.71 Å². The van der Waals surface area contributed by atoms with Crippen LogP contribution in [-0.4, -0.2) is 34.9 Å². The lowest BCUT2D eigenvalue weighted by Gasteiger charge is -2.05. The van der Waals surface area contributed by atoms with Crippen LogP contribution in [0.15, 0.2) is 30.3 Å². The van der Waals surface area contributed by atoms with Crippen molar-refractivity contribution in [3.05, 3.63) is 45.9 Å². The SMILES string of the molecule is CCCCOC(=O)COC(=O)c1cc2c(C)nn(-c3ccccc3Cl)c2s1. The minimum atomic E-state index is -0.561. The maximum absolute atomic E-state index is 12.3. The first kappa shape index (κ1) is 19.4. The first-order valence-electron chi connectivity index (χ1n) is 8.58. The van der Waals surface area contributed by atoms with Gasteiger partial charge in [-0.1, -0.05) is 37.1 Å². The number of halogens is 1. The molecule has 0 unspecified atom stereocenters. The number of thiophene rings is 1. The summed E-state index contributed by atoms with van der Waals surface area (Å²) < 4.78 is 11.8. The third-order valence-corrected chi connectivity index (χ3v) is 5.32. The Morgan fingerprint density at radius 1 is 1.26 bits per heavy atom. The first-order valence-corrected chi connectivity index (χ1v) is 9.77. The molecule has 27 heavy (non-hydrogen) atoms. The highest BCUT2D eigenvalue weighted by atomic mass is 35.5. The van der Waals surface area contributed by atoms with Crippen molar-refractivity contribution in [1.82, 2.24) is 9.78 Å². The first-order chi connectivity index (χ1) is 13.0. The number of carbonyl (C=O) groups is 2. The number of para-hydroxylation sites is 1. The van der Waals surface area contributed by atoms with Gasteiger partial charge in [0, 0.05) is 5.39 Å². The Balaban J connectivity index is 1.77. The summed E-state index contributed by atoms with van der Waals surface area (Å²) in [7, 11) is 0. The number of fused-ring (bicyclic) bond motifs is 1. The molecule has 3 aromatic rings. The molecule has 142 valence electrons. The Kier molecular flexibility index (Phi) is 6.13. The maximum atomic E-state index is 12.3. The van der Waals surface area contributed by atoms with E-state index in [1.54, 1.807) is 16.8 Å². The van der Waals surface area contributed by atoms with Crippen molar-refractivity contribution >= 4 is 45.1 Å². The smallest absolute Gasteiger partial charge is 0.348 e. The van der Waals surface area contributed by atoms with Crippen LogP contribution in [0.4, 0.5) is 0 Å². The van der Waals surface area contributed by atoms with Gasteiger partial charge in [-0.25, -0.2) is 14.3 Å². The number of hydrogen-bond acceptors (Lipinski definition) is 6.